The summed E-state index contributed by atoms with van der Waals surface area (Å²) in [5.41, 5.74) is 0.582. The average Bonchev–Trinajstić information content (AvgIpc) is 2.72. The van der Waals surface area contributed by atoms with Gasteiger partial charge in [-0.1, -0.05) is 30.8 Å². The minimum absolute atomic E-state index is 0.0378. The number of para-hydroxylation sites is 1. The predicted molar refractivity (Wildman–Crippen MR) is 72.7 cm³/mol. The van der Waals surface area contributed by atoms with Crippen LogP contribution in [-0.4, -0.2) is 30.8 Å². The van der Waals surface area contributed by atoms with Gasteiger partial charge in [0.05, 0.1) is 11.7 Å². The first-order chi connectivity index (χ1) is 9.13. The second kappa shape index (κ2) is 6.34. The second-order valence-corrected chi connectivity index (χ2v) is 5.27. The highest BCUT2D eigenvalue weighted by Gasteiger charge is 2.33. The first kappa shape index (κ1) is 14.3. The molecule has 1 aromatic rings. The highest BCUT2D eigenvalue weighted by molar-refractivity contribution is 7.99. The van der Waals surface area contributed by atoms with Gasteiger partial charge in [0.2, 0.25) is 5.91 Å². The summed E-state index contributed by atoms with van der Waals surface area (Å²) in [6.07, 6.45) is 0.709. The number of carbonyl (C=O) groups excluding carboxylic acids is 1. The van der Waals surface area contributed by atoms with Crippen LogP contribution in [0.1, 0.15) is 13.3 Å². The Bertz CT molecular complexity index is 456. The van der Waals surface area contributed by atoms with Crippen molar-refractivity contribution >= 4 is 23.4 Å². The largest absolute Gasteiger partial charge is 0.310 e. The zero-order chi connectivity index (χ0) is 13.8. The Labute approximate surface area is 115 Å². The molecule has 1 aliphatic heterocycles. The van der Waals surface area contributed by atoms with Crippen molar-refractivity contribution in [3.8, 4) is 0 Å². The molecular formula is C13H16F2N2OS. The van der Waals surface area contributed by atoms with E-state index in [-0.39, 0.29) is 11.9 Å². The number of hydrogen-bond donors (Lipinski definition) is 1. The van der Waals surface area contributed by atoms with Crippen molar-refractivity contribution in [1.29, 1.82) is 0 Å². The van der Waals surface area contributed by atoms with Gasteiger partial charge >= 0.3 is 0 Å². The first-order valence-electron chi connectivity index (χ1n) is 6.22. The van der Waals surface area contributed by atoms with Crippen LogP contribution in [0.25, 0.3) is 0 Å². The van der Waals surface area contributed by atoms with Crippen LogP contribution in [0.2, 0.25) is 0 Å². The van der Waals surface area contributed by atoms with Crippen LogP contribution in [0.4, 0.5) is 14.5 Å². The van der Waals surface area contributed by atoms with Gasteiger partial charge in [0.15, 0.2) is 0 Å². The quantitative estimate of drug-likeness (QED) is 0.845. The monoisotopic (exact) mass is 286 g/mol. The van der Waals surface area contributed by atoms with Gasteiger partial charge in [-0.05, 0) is 25.1 Å². The van der Waals surface area contributed by atoms with Gasteiger partial charge in [0, 0.05) is 11.4 Å². The SMILES string of the molecule is CCNC1CCN(c2ccccc2SC(F)F)C1=O. The number of carbonyl (C=O) groups is 1. The highest BCUT2D eigenvalue weighted by atomic mass is 32.2. The van der Waals surface area contributed by atoms with E-state index in [1.54, 1.807) is 29.2 Å². The van der Waals surface area contributed by atoms with E-state index >= 15 is 0 Å². The van der Waals surface area contributed by atoms with Crippen LogP contribution in [-0.2, 0) is 4.79 Å². The molecule has 19 heavy (non-hydrogen) atoms. The van der Waals surface area contributed by atoms with Gasteiger partial charge in [0.1, 0.15) is 0 Å². The summed E-state index contributed by atoms with van der Waals surface area (Å²) in [4.78, 5) is 14.2. The molecule has 1 aliphatic rings. The normalized spacial score (nSPS) is 19.5. The van der Waals surface area contributed by atoms with Crippen molar-refractivity contribution < 1.29 is 13.6 Å². The van der Waals surface area contributed by atoms with E-state index in [1.807, 2.05) is 6.92 Å². The molecule has 0 aromatic heterocycles. The summed E-state index contributed by atoms with van der Waals surface area (Å²) in [5.74, 6) is -2.52. The standard InChI is InChI=1S/C13H16F2N2OS/c1-2-16-9-7-8-17(12(9)18)10-5-3-4-6-11(10)19-13(14)15/h3-6,9,13,16H,2,7-8H2,1H3. The molecule has 1 unspecified atom stereocenters. The Kier molecular flexibility index (Phi) is 4.76. The second-order valence-electron chi connectivity index (χ2n) is 4.24. The van der Waals surface area contributed by atoms with E-state index in [4.69, 9.17) is 0 Å². The third-order valence-corrected chi connectivity index (χ3v) is 3.81. The van der Waals surface area contributed by atoms with E-state index in [0.29, 0.717) is 35.3 Å². The number of anilines is 1. The van der Waals surface area contributed by atoms with Crippen molar-refractivity contribution in [3.63, 3.8) is 0 Å². The number of alkyl halides is 2. The minimum atomic E-state index is -2.48. The number of nitrogens with zero attached hydrogens (tertiary/aromatic N) is 1. The van der Waals surface area contributed by atoms with Crippen LogP contribution in [0.5, 0.6) is 0 Å². The molecule has 1 saturated heterocycles. The van der Waals surface area contributed by atoms with E-state index in [9.17, 15) is 13.6 Å². The maximum atomic E-state index is 12.5. The summed E-state index contributed by atoms with van der Waals surface area (Å²) in [6, 6.07) is 6.61. The Morgan fingerprint density at radius 3 is 2.89 bits per heavy atom. The summed E-state index contributed by atoms with van der Waals surface area (Å²) in [5, 5.41) is 3.11. The smallest absolute Gasteiger partial charge is 0.288 e. The van der Waals surface area contributed by atoms with Gasteiger partial charge < -0.3 is 10.2 Å². The minimum Gasteiger partial charge on any atom is -0.310 e. The molecule has 3 nitrogen and oxygen atoms in total. The average molecular weight is 286 g/mol. The van der Waals surface area contributed by atoms with Gasteiger partial charge in [-0.25, -0.2) is 0 Å². The first-order valence-corrected chi connectivity index (χ1v) is 7.10. The third kappa shape index (κ3) is 3.25. The predicted octanol–water partition coefficient (Wildman–Crippen LogP) is 2.72. The maximum absolute atomic E-state index is 12.5. The molecular weight excluding hydrogens is 270 g/mol. The molecule has 1 N–H and O–H groups in total. The fourth-order valence-corrected chi connectivity index (χ4v) is 2.88. The van der Waals surface area contributed by atoms with Gasteiger partial charge in [-0.2, -0.15) is 8.78 Å². The molecule has 1 fully saturated rings. The van der Waals surface area contributed by atoms with Gasteiger partial charge in [-0.3, -0.25) is 4.79 Å². The van der Waals surface area contributed by atoms with Crippen LogP contribution < -0.4 is 10.2 Å². The molecule has 1 heterocycles. The Balaban J connectivity index is 2.20. The van der Waals surface area contributed by atoms with Gasteiger partial charge in [0.25, 0.3) is 5.76 Å². The van der Waals surface area contributed by atoms with Crippen molar-refractivity contribution in [2.75, 3.05) is 18.0 Å². The van der Waals surface area contributed by atoms with Crippen LogP contribution >= 0.6 is 11.8 Å². The molecule has 0 saturated carbocycles. The van der Waals surface area contributed by atoms with Crippen LogP contribution in [0.3, 0.4) is 0 Å². The molecule has 0 bridgehead atoms. The zero-order valence-corrected chi connectivity index (χ0v) is 11.4. The van der Waals surface area contributed by atoms with Crippen molar-refractivity contribution in [2.24, 2.45) is 0 Å². The van der Waals surface area contributed by atoms with E-state index in [0.717, 1.165) is 6.54 Å². The number of amides is 1. The van der Waals surface area contributed by atoms with Gasteiger partial charge in [-0.15, -0.1) is 0 Å². The molecule has 1 amide bonds. The van der Waals surface area contributed by atoms with Crippen LogP contribution in [0.15, 0.2) is 29.2 Å². The molecule has 0 spiro atoms. The Morgan fingerprint density at radius 1 is 1.47 bits per heavy atom. The number of nitrogens with one attached hydrogen (secondary N) is 1. The van der Waals surface area contributed by atoms with Crippen LogP contribution in [0, 0.1) is 0 Å². The summed E-state index contributed by atoms with van der Waals surface area (Å²) in [7, 11) is 0. The molecule has 0 radical (unpaired) electrons. The maximum Gasteiger partial charge on any atom is 0.288 e. The summed E-state index contributed by atoms with van der Waals surface area (Å²) < 4.78 is 25.1. The lowest BCUT2D eigenvalue weighted by Crippen LogP contribution is -2.38. The lowest BCUT2D eigenvalue weighted by molar-refractivity contribution is -0.118. The molecule has 0 aliphatic carbocycles. The fourth-order valence-electron chi connectivity index (χ4n) is 2.23. The molecule has 104 valence electrons. The number of thioether (sulfide) groups is 1. The summed E-state index contributed by atoms with van der Waals surface area (Å²) >= 11 is 0.481. The van der Waals surface area contributed by atoms with Crippen molar-refractivity contribution in [3.05, 3.63) is 24.3 Å². The zero-order valence-electron chi connectivity index (χ0n) is 10.6. The fraction of sp³-hybridized carbons (Fsp3) is 0.462. The van der Waals surface area contributed by atoms with E-state index < -0.39 is 5.76 Å². The third-order valence-electron chi connectivity index (χ3n) is 3.03. The molecule has 1 aromatic carbocycles. The van der Waals surface area contributed by atoms with E-state index in [1.165, 1.54) is 0 Å². The topological polar surface area (TPSA) is 32.3 Å². The molecule has 2 rings (SSSR count). The number of hydrogen-bond acceptors (Lipinski definition) is 3. The number of rotatable bonds is 5. The summed E-state index contributed by atoms with van der Waals surface area (Å²) in [6.45, 7) is 3.23. The lowest BCUT2D eigenvalue weighted by Gasteiger charge is -2.20. The number of likely N-dealkylation sites (N-methyl/N-ethyl adjacent to an activating group) is 1. The van der Waals surface area contributed by atoms with E-state index in [2.05, 4.69) is 5.32 Å². The number of benzene rings is 1. The van der Waals surface area contributed by atoms with Crippen molar-refractivity contribution in [1.82, 2.24) is 5.32 Å². The Hall–Kier alpha value is -1.14. The lowest BCUT2D eigenvalue weighted by atomic mass is 10.2. The molecule has 6 heteroatoms. The number of halogens is 2. The highest BCUT2D eigenvalue weighted by Crippen LogP contribution is 2.35. The molecule has 1 atom stereocenters. The van der Waals surface area contributed by atoms with Crippen molar-refractivity contribution in [2.45, 2.75) is 30.0 Å². The Morgan fingerprint density at radius 2 is 2.21 bits per heavy atom.